The lowest BCUT2D eigenvalue weighted by atomic mass is 10.2. The second-order valence-corrected chi connectivity index (χ2v) is 5.09. The molecular formula is C10H11Br2N3O3. The van der Waals surface area contributed by atoms with E-state index in [9.17, 15) is 9.59 Å². The van der Waals surface area contributed by atoms with Crippen LogP contribution in [0.1, 0.15) is 10.4 Å². The number of anilines is 1. The minimum Gasteiger partial charge on any atom is -0.452 e. The molecule has 0 radical (unpaired) electrons. The van der Waals surface area contributed by atoms with Crippen molar-refractivity contribution in [1.29, 1.82) is 0 Å². The number of benzene rings is 1. The van der Waals surface area contributed by atoms with E-state index in [-0.39, 0.29) is 11.3 Å². The largest absolute Gasteiger partial charge is 0.452 e. The number of nitrogens with zero attached hydrogens (tertiary/aromatic N) is 1. The molecule has 0 saturated heterocycles. The Bertz CT molecular complexity index is 494. The van der Waals surface area contributed by atoms with E-state index >= 15 is 0 Å². The molecule has 0 aliphatic carbocycles. The van der Waals surface area contributed by atoms with Crippen LogP contribution in [0.25, 0.3) is 0 Å². The van der Waals surface area contributed by atoms with Gasteiger partial charge < -0.3 is 10.5 Å². The van der Waals surface area contributed by atoms with E-state index in [1.54, 1.807) is 12.1 Å². The van der Waals surface area contributed by atoms with Crippen molar-refractivity contribution < 1.29 is 14.3 Å². The number of carbonyl (C=O) groups is 2. The highest BCUT2D eigenvalue weighted by atomic mass is 79.9. The number of ether oxygens (including phenoxy) is 1. The van der Waals surface area contributed by atoms with Crippen LogP contribution in [-0.2, 0) is 4.74 Å². The SMILES string of the molecule is COC(=O)N(C)NC(=O)c1cc(Br)cc(Br)c1N. The Hall–Kier alpha value is -1.28. The van der Waals surface area contributed by atoms with Gasteiger partial charge in [0.25, 0.3) is 5.91 Å². The van der Waals surface area contributed by atoms with Crippen molar-refractivity contribution in [3.63, 3.8) is 0 Å². The number of nitrogen functional groups attached to an aromatic ring is 1. The monoisotopic (exact) mass is 379 g/mol. The van der Waals surface area contributed by atoms with Crippen molar-refractivity contribution in [2.75, 3.05) is 19.9 Å². The highest BCUT2D eigenvalue weighted by molar-refractivity contribution is 9.11. The second kappa shape index (κ2) is 6.05. The minimum atomic E-state index is -0.684. The Labute approximate surface area is 121 Å². The molecule has 0 aromatic heterocycles. The highest BCUT2D eigenvalue weighted by Gasteiger charge is 2.17. The number of carbonyl (C=O) groups excluding carboxylic acids is 2. The quantitative estimate of drug-likeness (QED) is 0.577. The summed E-state index contributed by atoms with van der Waals surface area (Å²) in [7, 11) is 2.59. The third-order valence-electron chi connectivity index (χ3n) is 2.06. The molecule has 1 aromatic carbocycles. The Kier molecular flexibility index (Phi) is 4.97. The highest BCUT2D eigenvalue weighted by Crippen LogP contribution is 2.28. The molecule has 98 valence electrons. The van der Waals surface area contributed by atoms with Gasteiger partial charge in [0.2, 0.25) is 0 Å². The molecule has 0 saturated carbocycles. The molecule has 8 heteroatoms. The summed E-state index contributed by atoms with van der Waals surface area (Å²) in [6.45, 7) is 0. The maximum atomic E-state index is 11.9. The molecule has 0 aliphatic rings. The number of methoxy groups -OCH3 is 1. The summed E-state index contributed by atoms with van der Waals surface area (Å²) in [6, 6.07) is 3.27. The van der Waals surface area contributed by atoms with Gasteiger partial charge in [-0.1, -0.05) is 15.9 Å². The predicted molar refractivity (Wildman–Crippen MR) is 73.9 cm³/mol. The van der Waals surface area contributed by atoms with E-state index in [0.717, 1.165) is 5.01 Å². The van der Waals surface area contributed by atoms with Crippen LogP contribution in [0.5, 0.6) is 0 Å². The number of hydrogen-bond acceptors (Lipinski definition) is 4. The Morgan fingerprint density at radius 3 is 2.56 bits per heavy atom. The van der Waals surface area contributed by atoms with E-state index in [1.807, 2.05) is 0 Å². The smallest absolute Gasteiger partial charge is 0.428 e. The summed E-state index contributed by atoms with van der Waals surface area (Å²) in [5.74, 6) is -0.512. The summed E-state index contributed by atoms with van der Waals surface area (Å²) in [6.07, 6.45) is -0.684. The topological polar surface area (TPSA) is 84.7 Å². The van der Waals surface area contributed by atoms with Crippen molar-refractivity contribution in [1.82, 2.24) is 10.4 Å². The Morgan fingerprint density at radius 1 is 1.39 bits per heavy atom. The van der Waals surface area contributed by atoms with Gasteiger partial charge >= 0.3 is 6.09 Å². The normalized spacial score (nSPS) is 9.78. The van der Waals surface area contributed by atoms with Crippen LogP contribution >= 0.6 is 31.9 Å². The van der Waals surface area contributed by atoms with Gasteiger partial charge in [0.15, 0.2) is 0 Å². The summed E-state index contributed by atoms with van der Waals surface area (Å²) in [5.41, 5.74) is 8.64. The van der Waals surface area contributed by atoms with Gasteiger partial charge in [-0.3, -0.25) is 10.2 Å². The summed E-state index contributed by atoms with van der Waals surface area (Å²) < 4.78 is 5.72. The molecule has 3 N–H and O–H groups in total. The summed E-state index contributed by atoms with van der Waals surface area (Å²) in [4.78, 5) is 23.1. The van der Waals surface area contributed by atoms with Crippen molar-refractivity contribution in [3.05, 3.63) is 26.6 Å². The van der Waals surface area contributed by atoms with Crippen LogP contribution in [0.15, 0.2) is 21.1 Å². The lowest BCUT2D eigenvalue weighted by molar-refractivity contribution is 0.0767. The fourth-order valence-corrected chi connectivity index (χ4v) is 2.39. The van der Waals surface area contributed by atoms with Gasteiger partial charge in [-0.25, -0.2) is 9.80 Å². The average molecular weight is 381 g/mol. The first-order valence-corrected chi connectivity index (χ1v) is 6.32. The molecule has 0 bridgehead atoms. The summed E-state index contributed by atoms with van der Waals surface area (Å²) in [5, 5.41) is 0.927. The number of nitrogens with one attached hydrogen (secondary N) is 1. The molecule has 6 nitrogen and oxygen atoms in total. The van der Waals surface area contributed by atoms with Crippen LogP contribution in [0.2, 0.25) is 0 Å². The molecule has 1 rings (SSSR count). The molecule has 2 amide bonds. The zero-order chi connectivity index (χ0) is 13.9. The van der Waals surface area contributed by atoms with Crippen LogP contribution in [0.3, 0.4) is 0 Å². The van der Waals surface area contributed by atoms with Crippen molar-refractivity contribution in [3.8, 4) is 0 Å². The first-order chi connectivity index (χ1) is 8.36. The number of hydrazine groups is 1. The minimum absolute atomic E-state index is 0.243. The number of amides is 2. The fourth-order valence-electron chi connectivity index (χ4n) is 1.17. The maximum Gasteiger partial charge on any atom is 0.428 e. The fraction of sp³-hybridized carbons (Fsp3) is 0.200. The standard InChI is InChI=1S/C10H11Br2N3O3/c1-15(10(17)18-2)14-9(16)6-3-5(11)4-7(12)8(6)13/h3-4H,13H2,1-2H3,(H,14,16). The molecule has 0 spiro atoms. The number of hydrogen-bond donors (Lipinski definition) is 2. The van der Waals surface area contributed by atoms with Gasteiger partial charge in [-0.05, 0) is 28.1 Å². The molecule has 0 heterocycles. The molecule has 0 fully saturated rings. The van der Waals surface area contributed by atoms with Gasteiger partial charge in [0.1, 0.15) is 0 Å². The van der Waals surface area contributed by atoms with Gasteiger partial charge in [0.05, 0.1) is 18.4 Å². The third kappa shape index (κ3) is 3.36. The van der Waals surface area contributed by atoms with E-state index in [2.05, 4.69) is 42.0 Å². The number of halogens is 2. The number of rotatable bonds is 1. The molecule has 1 aromatic rings. The molecule has 0 unspecified atom stereocenters. The van der Waals surface area contributed by atoms with Crippen molar-refractivity contribution >= 4 is 49.5 Å². The average Bonchev–Trinajstić information content (AvgIpc) is 2.32. The number of nitrogens with two attached hydrogens (primary N) is 1. The van der Waals surface area contributed by atoms with Crippen LogP contribution in [0.4, 0.5) is 10.5 Å². The Balaban J connectivity index is 2.95. The lowest BCUT2D eigenvalue weighted by Gasteiger charge is -2.17. The van der Waals surface area contributed by atoms with Gasteiger partial charge in [-0.2, -0.15) is 0 Å². The summed E-state index contributed by atoms with van der Waals surface area (Å²) >= 11 is 6.49. The first-order valence-electron chi connectivity index (χ1n) is 4.74. The zero-order valence-electron chi connectivity index (χ0n) is 9.66. The van der Waals surface area contributed by atoms with Crippen molar-refractivity contribution in [2.24, 2.45) is 0 Å². The predicted octanol–water partition coefficient (Wildman–Crippen LogP) is 2.14. The molecule has 0 aliphatic heterocycles. The third-order valence-corrected chi connectivity index (χ3v) is 3.17. The van der Waals surface area contributed by atoms with Crippen LogP contribution < -0.4 is 11.2 Å². The molecular weight excluding hydrogens is 370 g/mol. The molecule has 0 atom stereocenters. The van der Waals surface area contributed by atoms with E-state index in [0.29, 0.717) is 8.95 Å². The maximum absolute atomic E-state index is 11.9. The van der Waals surface area contributed by atoms with Gasteiger partial charge in [-0.15, -0.1) is 0 Å². The lowest BCUT2D eigenvalue weighted by Crippen LogP contribution is -2.43. The first kappa shape index (κ1) is 14.8. The van der Waals surface area contributed by atoms with Crippen LogP contribution in [0, 0.1) is 0 Å². The zero-order valence-corrected chi connectivity index (χ0v) is 12.8. The van der Waals surface area contributed by atoms with Gasteiger partial charge in [0, 0.05) is 16.0 Å². The van der Waals surface area contributed by atoms with Crippen LogP contribution in [-0.4, -0.2) is 31.2 Å². The Morgan fingerprint density at radius 2 is 2.00 bits per heavy atom. The van der Waals surface area contributed by atoms with E-state index in [4.69, 9.17) is 5.73 Å². The second-order valence-electron chi connectivity index (χ2n) is 3.32. The van der Waals surface area contributed by atoms with Crippen molar-refractivity contribution in [2.45, 2.75) is 0 Å². The van der Waals surface area contributed by atoms with E-state index < -0.39 is 12.0 Å². The molecule has 18 heavy (non-hydrogen) atoms. The van der Waals surface area contributed by atoms with E-state index in [1.165, 1.54) is 14.2 Å².